The van der Waals surface area contributed by atoms with E-state index in [1.165, 1.54) is 20.5 Å². The fourth-order valence-electron chi connectivity index (χ4n) is 2.40. The van der Waals surface area contributed by atoms with Crippen molar-refractivity contribution in [3.8, 4) is 11.8 Å². The molecule has 0 radical (unpaired) electrons. The quantitative estimate of drug-likeness (QED) is 0.599. The molecule has 0 amide bonds. The van der Waals surface area contributed by atoms with Crippen molar-refractivity contribution in [3.05, 3.63) is 23.2 Å². The number of hydrogen-bond donors (Lipinski definition) is 2. The molecular formula is C15H20N4O4S. The van der Waals surface area contributed by atoms with Gasteiger partial charge in [-0.05, 0) is 33.0 Å². The van der Waals surface area contributed by atoms with Crippen molar-refractivity contribution < 1.29 is 19.0 Å². The van der Waals surface area contributed by atoms with Crippen LogP contribution in [0.25, 0.3) is 0 Å². The van der Waals surface area contributed by atoms with Gasteiger partial charge in [-0.1, -0.05) is 0 Å². The Bertz CT molecular complexity index is 668. The number of thiocarbonyl (C=S) groups is 1. The lowest BCUT2D eigenvalue weighted by Gasteiger charge is -2.30. The molecule has 1 aromatic heterocycles. The van der Waals surface area contributed by atoms with Crippen LogP contribution in [0.15, 0.2) is 17.6 Å². The third-order valence-electron chi connectivity index (χ3n) is 3.32. The number of rotatable bonds is 5. The van der Waals surface area contributed by atoms with Gasteiger partial charge in [0.2, 0.25) is 11.8 Å². The van der Waals surface area contributed by atoms with Crippen molar-refractivity contribution in [1.82, 2.24) is 20.6 Å². The van der Waals surface area contributed by atoms with Crippen molar-refractivity contribution in [2.75, 3.05) is 14.2 Å². The second-order valence-electron chi connectivity index (χ2n) is 5.33. The molecule has 2 N–H and O–H groups in total. The van der Waals surface area contributed by atoms with E-state index >= 15 is 0 Å². The molecule has 0 fully saturated rings. The van der Waals surface area contributed by atoms with E-state index < -0.39 is 12.0 Å². The van der Waals surface area contributed by atoms with Gasteiger partial charge < -0.3 is 24.8 Å². The number of esters is 1. The Hall–Kier alpha value is -2.42. The van der Waals surface area contributed by atoms with Crippen LogP contribution < -0.4 is 20.1 Å². The number of aromatic nitrogens is 2. The van der Waals surface area contributed by atoms with Crippen LogP contribution in [0.2, 0.25) is 0 Å². The highest BCUT2D eigenvalue weighted by Crippen LogP contribution is 2.37. The van der Waals surface area contributed by atoms with E-state index in [0.29, 0.717) is 21.9 Å². The second kappa shape index (κ2) is 7.43. The molecule has 1 atom stereocenters. The summed E-state index contributed by atoms with van der Waals surface area (Å²) in [5.74, 6) is 0.0985. The molecule has 9 heteroatoms. The zero-order valence-electron chi connectivity index (χ0n) is 14.2. The summed E-state index contributed by atoms with van der Waals surface area (Å²) >= 11 is 5.22. The highest BCUT2D eigenvalue weighted by molar-refractivity contribution is 7.80. The van der Waals surface area contributed by atoms with Gasteiger partial charge in [0.15, 0.2) is 5.11 Å². The van der Waals surface area contributed by atoms with E-state index in [2.05, 4.69) is 20.6 Å². The highest BCUT2D eigenvalue weighted by atomic mass is 32.1. The smallest absolute Gasteiger partial charge is 0.338 e. The van der Waals surface area contributed by atoms with Crippen LogP contribution in [0.5, 0.6) is 11.8 Å². The summed E-state index contributed by atoms with van der Waals surface area (Å²) in [6, 6.07) is -0.656. The molecule has 0 saturated carbocycles. The maximum Gasteiger partial charge on any atom is 0.338 e. The predicted molar refractivity (Wildman–Crippen MR) is 90.7 cm³/mol. The van der Waals surface area contributed by atoms with Crippen molar-refractivity contribution in [3.63, 3.8) is 0 Å². The van der Waals surface area contributed by atoms with E-state index in [9.17, 15) is 4.79 Å². The lowest BCUT2D eigenvalue weighted by molar-refractivity contribution is -0.143. The molecule has 24 heavy (non-hydrogen) atoms. The molecule has 130 valence electrons. The Balaban J connectivity index is 2.59. The van der Waals surface area contributed by atoms with Crippen LogP contribution in [0, 0.1) is 0 Å². The molecule has 1 aliphatic rings. The molecule has 0 bridgehead atoms. The largest absolute Gasteiger partial charge is 0.481 e. The summed E-state index contributed by atoms with van der Waals surface area (Å²) in [6.45, 7) is 5.31. The number of carbonyl (C=O) groups excluding carboxylic acids is 1. The van der Waals surface area contributed by atoms with Crippen LogP contribution in [0.3, 0.4) is 0 Å². The molecule has 2 heterocycles. The summed E-state index contributed by atoms with van der Waals surface area (Å²) < 4.78 is 16.0. The van der Waals surface area contributed by atoms with E-state index in [-0.39, 0.29) is 17.9 Å². The molecule has 1 unspecified atom stereocenters. The maximum atomic E-state index is 12.6. The summed E-state index contributed by atoms with van der Waals surface area (Å²) in [6.07, 6.45) is 1.06. The van der Waals surface area contributed by atoms with Crippen molar-refractivity contribution in [1.29, 1.82) is 0 Å². The third kappa shape index (κ3) is 3.56. The molecule has 0 aromatic carbocycles. The molecule has 2 rings (SSSR count). The van der Waals surface area contributed by atoms with Gasteiger partial charge in [-0.2, -0.15) is 0 Å². The van der Waals surface area contributed by atoms with Crippen LogP contribution in [0.1, 0.15) is 32.4 Å². The highest BCUT2D eigenvalue weighted by Gasteiger charge is 2.36. The van der Waals surface area contributed by atoms with E-state index in [1.807, 2.05) is 0 Å². The van der Waals surface area contributed by atoms with Gasteiger partial charge in [0.05, 0.1) is 31.9 Å². The fourth-order valence-corrected chi connectivity index (χ4v) is 2.67. The number of allylic oxidation sites excluding steroid dienone is 1. The van der Waals surface area contributed by atoms with Crippen LogP contribution >= 0.6 is 12.2 Å². The number of hydrogen-bond acceptors (Lipinski definition) is 7. The zero-order chi connectivity index (χ0) is 17.9. The number of nitrogens with zero attached hydrogens (tertiary/aromatic N) is 2. The van der Waals surface area contributed by atoms with Crippen molar-refractivity contribution in [2.24, 2.45) is 0 Å². The number of nitrogens with one attached hydrogen (secondary N) is 2. The van der Waals surface area contributed by atoms with Gasteiger partial charge in [-0.25, -0.2) is 14.8 Å². The van der Waals surface area contributed by atoms with E-state index in [0.717, 1.165) is 0 Å². The normalized spacial score (nSPS) is 17.2. The minimum absolute atomic E-state index is 0.261. The summed E-state index contributed by atoms with van der Waals surface area (Å²) in [5.41, 5.74) is 1.42. The Labute approximate surface area is 145 Å². The summed E-state index contributed by atoms with van der Waals surface area (Å²) in [5, 5.41) is 6.34. The first-order valence-corrected chi connectivity index (χ1v) is 7.72. The average Bonchev–Trinajstić information content (AvgIpc) is 2.52. The van der Waals surface area contributed by atoms with Gasteiger partial charge >= 0.3 is 5.97 Å². The van der Waals surface area contributed by atoms with Gasteiger partial charge in [-0.3, -0.25) is 0 Å². The average molecular weight is 352 g/mol. The van der Waals surface area contributed by atoms with Crippen molar-refractivity contribution >= 4 is 23.3 Å². The summed E-state index contributed by atoms with van der Waals surface area (Å²) in [7, 11) is 2.96. The first kappa shape index (κ1) is 17.9. The third-order valence-corrected chi connectivity index (χ3v) is 3.54. The first-order valence-electron chi connectivity index (χ1n) is 7.31. The van der Waals surface area contributed by atoms with E-state index in [1.54, 1.807) is 20.8 Å². The number of methoxy groups -OCH3 is 2. The monoisotopic (exact) mass is 352 g/mol. The minimum atomic E-state index is -0.656. The van der Waals surface area contributed by atoms with E-state index in [4.69, 9.17) is 26.4 Å². The Morgan fingerprint density at radius 3 is 2.33 bits per heavy atom. The van der Waals surface area contributed by atoms with Crippen molar-refractivity contribution in [2.45, 2.75) is 32.9 Å². The van der Waals surface area contributed by atoms with Crippen LogP contribution in [0.4, 0.5) is 0 Å². The lowest BCUT2D eigenvalue weighted by Crippen LogP contribution is -2.45. The summed E-state index contributed by atoms with van der Waals surface area (Å²) in [4.78, 5) is 20.8. The molecular weight excluding hydrogens is 332 g/mol. The fraction of sp³-hybridized carbons (Fsp3) is 0.467. The topological polar surface area (TPSA) is 94.6 Å². The number of ether oxygens (including phenoxy) is 3. The Morgan fingerprint density at radius 1 is 1.25 bits per heavy atom. The first-order chi connectivity index (χ1) is 11.4. The predicted octanol–water partition coefficient (Wildman–Crippen LogP) is 1.24. The zero-order valence-corrected chi connectivity index (χ0v) is 15.0. The molecule has 0 saturated heterocycles. The van der Waals surface area contributed by atoms with Gasteiger partial charge in [0.25, 0.3) is 0 Å². The minimum Gasteiger partial charge on any atom is -0.481 e. The van der Waals surface area contributed by atoms with Crippen LogP contribution in [-0.2, 0) is 9.53 Å². The molecule has 1 aromatic rings. The Kier molecular flexibility index (Phi) is 5.55. The standard InChI is InChI=1S/C15H20N4O4S/c1-7(2)23-14(20)9-8(3)18-15(24)19-11(9)10-12(21-4)16-6-17-13(10)22-5/h6-7,11H,1-5H3,(H2,18,19,24). The van der Waals surface area contributed by atoms with Gasteiger partial charge in [0.1, 0.15) is 11.9 Å². The number of carbonyl (C=O) groups is 1. The molecule has 0 spiro atoms. The van der Waals surface area contributed by atoms with Gasteiger partial charge in [0, 0.05) is 5.70 Å². The molecule has 1 aliphatic heterocycles. The Morgan fingerprint density at radius 2 is 1.83 bits per heavy atom. The van der Waals surface area contributed by atoms with Gasteiger partial charge in [-0.15, -0.1) is 0 Å². The maximum absolute atomic E-state index is 12.6. The second-order valence-corrected chi connectivity index (χ2v) is 5.74. The van der Waals surface area contributed by atoms with Crippen LogP contribution in [-0.4, -0.2) is 41.4 Å². The molecule has 8 nitrogen and oxygen atoms in total. The SMILES string of the molecule is COc1ncnc(OC)c1C1NC(=S)NC(C)=C1C(=O)OC(C)C. The lowest BCUT2D eigenvalue weighted by atomic mass is 9.96. The molecule has 0 aliphatic carbocycles.